The molecule has 6 nitrogen and oxygen atoms in total. The van der Waals surface area contributed by atoms with Crippen molar-refractivity contribution in [3.05, 3.63) is 60.2 Å². The van der Waals surface area contributed by atoms with Crippen LogP contribution in [0.1, 0.15) is 5.56 Å². The van der Waals surface area contributed by atoms with Crippen LogP contribution in [0.25, 0.3) is 0 Å². The van der Waals surface area contributed by atoms with E-state index in [-0.39, 0.29) is 36.4 Å². The molecule has 2 rings (SSSR count). The van der Waals surface area contributed by atoms with Crippen LogP contribution < -0.4 is 15.4 Å². The van der Waals surface area contributed by atoms with Crippen molar-refractivity contribution in [2.45, 2.75) is 11.3 Å². The molecule has 0 fully saturated rings. The molecule has 0 saturated heterocycles. The number of likely N-dealkylation sites (N-methyl/N-ethyl adjacent to an activating group) is 1. The summed E-state index contributed by atoms with van der Waals surface area (Å²) in [5, 5.41) is 6.63. The second-order valence-corrected chi connectivity index (χ2v) is 7.73. The third-order valence-corrected chi connectivity index (χ3v) is 5.16. The molecule has 0 aromatic heterocycles. The monoisotopic (exact) mass is 542 g/mol. The summed E-state index contributed by atoms with van der Waals surface area (Å²) in [5.41, 5.74) is 1.21. The van der Waals surface area contributed by atoms with Gasteiger partial charge in [0.1, 0.15) is 12.3 Å². The third-order valence-electron chi connectivity index (χ3n) is 4.14. The molecule has 2 aromatic rings. The number of nitrogens with zero attached hydrogens (tertiary/aromatic N) is 2. The van der Waals surface area contributed by atoms with Crippen LogP contribution in [0.15, 0.2) is 64.5 Å². The van der Waals surface area contributed by atoms with E-state index in [9.17, 15) is 4.79 Å². The summed E-state index contributed by atoms with van der Waals surface area (Å²) in [6, 6.07) is 18.3. The zero-order valence-electron chi connectivity index (χ0n) is 17.8. The zero-order valence-corrected chi connectivity index (χ0v) is 20.9. The Hall–Kier alpha value is -1.94. The molecule has 0 aliphatic rings. The maximum atomic E-state index is 11.9. The van der Waals surface area contributed by atoms with E-state index >= 15 is 0 Å². The lowest BCUT2D eigenvalue weighted by Gasteiger charge is -2.14. The SMILES string of the molecule is COc1ccc(CCNC(=NCC(=O)N(C)C)NCCSc2ccccc2)cc1.I. The van der Waals surface area contributed by atoms with Crippen molar-refractivity contribution in [1.82, 2.24) is 15.5 Å². The second kappa shape index (κ2) is 15.0. The van der Waals surface area contributed by atoms with Gasteiger partial charge in [0.15, 0.2) is 5.96 Å². The zero-order chi connectivity index (χ0) is 20.9. The number of hydrogen-bond acceptors (Lipinski definition) is 4. The number of carbonyl (C=O) groups is 1. The number of methoxy groups -OCH3 is 1. The van der Waals surface area contributed by atoms with E-state index in [0.29, 0.717) is 5.96 Å². The van der Waals surface area contributed by atoms with Gasteiger partial charge in [0.2, 0.25) is 5.91 Å². The summed E-state index contributed by atoms with van der Waals surface area (Å²) in [5.74, 6) is 2.39. The highest BCUT2D eigenvalue weighted by Gasteiger charge is 2.05. The molecule has 1 amide bonds. The van der Waals surface area contributed by atoms with E-state index in [2.05, 4.69) is 39.9 Å². The minimum absolute atomic E-state index is 0. The largest absolute Gasteiger partial charge is 0.497 e. The summed E-state index contributed by atoms with van der Waals surface area (Å²) in [6.07, 6.45) is 0.852. The van der Waals surface area contributed by atoms with Crippen molar-refractivity contribution in [2.24, 2.45) is 4.99 Å². The first-order chi connectivity index (χ1) is 14.1. The average molecular weight is 542 g/mol. The fraction of sp³-hybridized carbons (Fsp3) is 0.364. The van der Waals surface area contributed by atoms with Crippen LogP contribution in [0, 0.1) is 0 Å². The molecule has 0 heterocycles. The average Bonchev–Trinajstić information content (AvgIpc) is 2.75. The number of halogens is 1. The Morgan fingerprint density at radius 3 is 2.33 bits per heavy atom. The first-order valence-electron chi connectivity index (χ1n) is 9.61. The fourth-order valence-electron chi connectivity index (χ4n) is 2.43. The quantitative estimate of drug-likeness (QED) is 0.159. The predicted molar refractivity (Wildman–Crippen MR) is 136 cm³/mol. The molecule has 0 saturated carbocycles. The van der Waals surface area contributed by atoms with Crippen molar-refractivity contribution in [2.75, 3.05) is 46.6 Å². The molecule has 0 radical (unpaired) electrons. The van der Waals surface area contributed by atoms with Gasteiger partial charge in [-0.3, -0.25) is 4.79 Å². The van der Waals surface area contributed by atoms with Crippen molar-refractivity contribution < 1.29 is 9.53 Å². The Labute approximate surface area is 200 Å². The molecule has 0 spiro atoms. The Bertz CT molecular complexity index is 770. The van der Waals surface area contributed by atoms with Gasteiger partial charge in [-0.15, -0.1) is 35.7 Å². The lowest BCUT2D eigenvalue weighted by atomic mass is 10.1. The van der Waals surface area contributed by atoms with Gasteiger partial charge in [-0.1, -0.05) is 30.3 Å². The molecule has 0 aliphatic carbocycles. The standard InChI is InChI=1S/C22H30N4O2S.HI/c1-26(2)21(27)17-25-22(24-15-16-29-20-7-5-4-6-8-20)23-14-13-18-9-11-19(28-3)12-10-18;/h4-12H,13-17H2,1-3H3,(H2,23,24,25);1H. The Kier molecular flexibility index (Phi) is 13.0. The molecule has 2 N–H and O–H groups in total. The maximum absolute atomic E-state index is 11.9. The van der Waals surface area contributed by atoms with Crippen LogP contribution in [-0.2, 0) is 11.2 Å². The van der Waals surface area contributed by atoms with Crippen LogP contribution in [0.3, 0.4) is 0 Å². The maximum Gasteiger partial charge on any atom is 0.243 e. The van der Waals surface area contributed by atoms with E-state index in [4.69, 9.17) is 4.74 Å². The van der Waals surface area contributed by atoms with Crippen molar-refractivity contribution in [3.63, 3.8) is 0 Å². The molecular weight excluding hydrogens is 511 g/mol. The second-order valence-electron chi connectivity index (χ2n) is 6.57. The van der Waals surface area contributed by atoms with Crippen LogP contribution in [-0.4, -0.2) is 63.4 Å². The van der Waals surface area contributed by atoms with Crippen LogP contribution in [0.2, 0.25) is 0 Å². The summed E-state index contributed by atoms with van der Waals surface area (Å²) in [4.78, 5) is 19.1. The highest BCUT2D eigenvalue weighted by atomic mass is 127. The molecule has 164 valence electrons. The summed E-state index contributed by atoms with van der Waals surface area (Å²) in [7, 11) is 5.13. The van der Waals surface area contributed by atoms with Crippen LogP contribution >= 0.6 is 35.7 Å². The van der Waals surface area contributed by atoms with E-state index < -0.39 is 0 Å². The first-order valence-corrected chi connectivity index (χ1v) is 10.6. The highest BCUT2D eigenvalue weighted by molar-refractivity contribution is 14.0. The normalized spacial score (nSPS) is 10.7. The van der Waals surface area contributed by atoms with Gasteiger partial charge < -0.3 is 20.3 Å². The van der Waals surface area contributed by atoms with E-state index in [1.807, 2.05) is 30.3 Å². The minimum atomic E-state index is -0.0279. The molecule has 8 heteroatoms. The van der Waals surface area contributed by atoms with Gasteiger partial charge >= 0.3 is 0 Å². The topological polar surface area (TPSA) is 66.0 Å². The van der Waals surface area contributed by atoms with Crippen molar-refractivity contribution in [1.29, 1.82) is 0 Å². The number of hydrogen-bond donors (Lipinski definition) is 2. The number of carbonyl (C=O) groups excluding carboxylic acids is 1. The molecule has 0 aliphatic heterocycles. The number of thioether (sulfide) groups is 1. The number of benzene rings is 2. The Morgan fingerprint density at radius 2 is 1.70 bits per heavy atom. The van der Waals surface area contributed by atoms with Crippen LogP contribution in [0.4, 0.5) is 0 Å². The summed E-state index contributed by atoms with van der Waals surface area (Å²) >= 11 is 1.78. The fourth-order valence-corrected chi connectivity index (χ4v) is 3.22. The number of ether oxygens (including phenoxy) is 1. The lowest BCUT2D eigenvalue weighted by Crippen LogP contribution is -2.40. The lowest BCUT2D eigenvalue weighted by molar-refractivity contribution is -0.127. The third kappa shape index (κ3) is 10.2. The van der Waals surface area contributed by atoms with Gasteiger partial charge in [-0.25, -0.2) is 4.99 Å². The molecule has 0 bridgehead atoms. The Morgan fingerprint density at radius 1 is 1.03 bits per heavy atom. The number of aliphatic imine (C=N–C) groups is 1. The number of amides is 1. The number of nitrogens with one attached hydrogen (secondary N) is 2. The number of rotatable bonds is 10. The van der Waals surface area contributed by atoms with E-state index in [0.717, 1.165) is 31.0 Å². The van der Waals surface area contributed by atoms with Crippen LogP contribution in [0.5, 0.6) is 5.75 Å². The van der Waals surface area contributed by atoms with Gasteiger partial charge in [-0.05, 0) is 36.2 Å². The molecular formula is C22H31IN4O2S. The van der Waals surface area contributed by atoms with Gasteiger partial charge in [0, 0.05) is 37.8 Å². The minimum Gasteiger partial charge on any atom is -0.497 e. The van der Waals surface area contributed by atoms with Gasteiger partial charge in [0.05, 0.1) is 7.11 Å². The molecule has 0 unspecified atom stereocenters. The molecule has 2 aromatic carbocycles. The van der Waals surface area contributed by atoms with Gasteiger partial charge in [-0.2, -0.15) is 0 Å². The highest BCUT2D eigenvalue weighted by Crippen LogP contribution is 2.15. The summed E-state index contributed by atoms with van der Waals surface area (Å²) in [6.45, 7) is 1.60. The first kappa shape index (κ1) is 26.1. The molecule has 0 atom stereocenters. The van der Waals surface area contributed by atoms with E-state index in [1.54, 1.807) is 37.9 Å². The van der Waals surface area contributed by atoms with Gasteiger partial charge in [0.25, 0.3) is 0 Å². The number of guanidine groups is 1. The molecule has 30 heavy (non-hydrogen) atoms. The van der Waals surface area contributed by atoms with Crippen molar-refractivity contribution >= 4 is 47.6 Å². The predicted octanol–water partition coefficient (Wildman–Crippen LogP) is 3.27. The van der Waals surface area contributed by atoms with Crippen molar-refractivity contribution in [3.8, 4) is 5.75 Å². The van der Waals surface area contributed by atoms with E-state index in [1.165, 1.54) is 10.5 Å². The smallest absolute Gasteiger partial charge is 0.243 e. The summed E-state index contributed by atoms with van der Waals surface area (Å²) < 4.78 is 5.19. The Balaban J connectivity index is 0.00000450.